The molecular weight excluding hydrogens is 415 g/mol. The number of methoxy groups -OCH3 is 1. The first kappa shape index (κ1) is 23.5. The number of carboxylic acid groups (broad SMARTS) is 1. The van der Waals surface area contributed by atoms with E-state index >= 15 is 0 Å². The molecular formula is C21H20F3N3O4. The van der Waals surface area contributed by atoms with Crippen LogP contribution in [0.3, 0.4) is 0 Å². The van der Waals surface area contributed by atoms with E-state index in [0.717, 1.165) is 23.3 Å². The van der Waals surface area contributed by atoms with Crippen LogP contribution in [0.1, 0.15) is 15.9 Å². The summed E-state index contributed by atoms with van der Waals surface area (Å²) < 4.78 is 36.9. The fourth-order valence-electron chi connectivity index (χ4n) is 2.51. The highest BCUT2D eigenvalue weighted by molar-refractivity contribution is 6.00. The molecule has 164 valence electrons. The molecule has 2 aromatic carbocycles. The highest BCUT2D eigenvalue weighted by Crippen LogP contribution is 2.19. The highest BCUT2D eigenvalue weighted by Gasteiger charge is 2.38. The first-order chi connectivity index (χ1) is 14.7. The van der Waals surface area contributed by atoms with Gasteiger partial charge in [0.1, 0.15) is 11.6 Å². The minimum atomic E-state index is -5.08. The number of hydrogen-bond donors (Lipinski definition) is 3. The Morgan fingerprint density at radius 3 is 2.32 bits per heavy atom. The number of alkyl halides is 3. The van der Waals surface area contributed by atoms with E-state index in [4.69, 9.17) is 14.6 Å². The van der Waals surface area contributed by atoms with Gasteiger partial charge in [-0.1, -0.05) is 30.3 Å². The molecule has 1 heterocycles. The number of hydrogen-bond acceptors (Lipinski definition) is 4. The molecule has 0 aliphatic carbocycles. The Hall–Kier alpha value is -3.82. The summed E-state index contributed by atoms with van der Waals surface area (Å²) >= 11 is 0. The minimum Gasteiger partial charge on any atom is -0.497 e. The van der Waals surface area contributed by atoms with Crippen molar-refractivity contribution in [3.05, 3.63) is 72.1 Å². The Morgan fingerprint density at radius 2 is 1.77 bits per heavy atom. The second kappa shape index (κ2) is 10.8. The second-order valence-electron chi connectivity index (χ2n) is 6.14. The van der Waals surface area contributed by atoms with E-state index in [2.05, 4.69) is 15.3 Å². The number of aromatic nitrogens is 2. The maximum Gasteiger partial charge on any atom is 0.490 e. The topological polar surface area (TPSA) is 104 Å². The van der Waals surface area contributed by atoms with Gasteiger partial charge in [-0.15, -0.1) is 0 Å². The van der Waals surface area contributed by atoms with Crippen LogP contribution in [0.4, 0.5) is 13.2 Å². The van der Waals surface area contributed by atoms with E-state index < -0.39 is 12.1 Å². The molecule has 0 unspecified atom stereocenters. The smallest absolute Gasteiger partial charge is 0.490 e. The molecule has 0 atom stereocenters. The minimum absolute atomic E-state index is 0.101. The number of halogens is 3. The van der Waals surface area contributed by atoms with Crippen LogP contribution in [0.25, 0.3) is 11.4 Å². The number of aliphatic carboxylic acids is 1. The van der Waals surface area contributed by atoms with E-state index in [0.29, 0.717) is 17.9 Å². The van der Waals surface area contributed by atoms with Gasteiger partial charge in [-0.3, -0.25) is 4.79 Å². The van der Waals surface area contributed by atoms with Crippen molar-refractivity contribution in [3.63, 3.8) is 0 Å². The van der Waals surface area contributed by atoms with E-state index in [1.165, 1.54) is 0 Å². The van der Waals surface area contributed by atoms with E-state index in [9.17, 15) is 18.0 Å². The molecule has 0 spiro atoms. The Labute approximate surface area is 175 Å². The van der Waals surface area contributed by atoms with Crippen LogP contribution in [0.15, 0.2) is 60.9 Å². The zero-order valence-electron chi connectivity index (χ0n) is 16.4. The lowest BCUT2D eigenvalue weighted by molar-refractivity contribution is -0.192. The van der Waals surface area contributed by atoms with Crippen molar-refractivity contribution in [3.8, 4) is 17.1 Å². The molecule has 0 saturated carbocycles. The molecule has 0 saturated heterocycles. The summed E-state index contributed by atoms with van der Waals surface area (Å²) in [6.07, 6.45) is -0.903. The van der Waals surface area contributed by atoms with Crippen LogP contribution in [-0.2, 0) is 11.2 Å². The normalized spacial score (nSPS) is 10.6. The molecule has 0 aliphatic rings. The first-order valence-electron chi connectivity index (χ1n) is 9.02. The fourth-order valence-corrected chi connectivity index (χ4v) is 2.51. The van der Waals surface area contributed by atoms with Gasteiger partial charge in [0.05, 0.1) is 12.7 Å². The van der Waals surface area contributed by atoms with Crippen LogP contribution in [0.2, 0.25) is 0 Å². The monoisotopic (exact) mass is 435 g/mol. The van der Waals surface area contributed by atoms with Crippen molar-refractivity contribution in [2.24, 2.45) is 0 Å². The summed E-state index contributed by atoms with van der Waals surface area (Å²) in [5.41, 5.74) is 2.56. The molecule has 7 nitrogen and oxygen atoms in total. The summed E-state index contributed by atoms with van der Waals surface area (Å²) in [6, 6.07) is 15.3. The molecule has 1 aromatic heterocycles. The molecule has 10 heteroatoms. The van der Waals surface area contributed by atoms with Crippen LogP contribution in [-0.4, -0.2) is 46.8 Å². The SMILES string of the molecule is COc1ccc(CCNC(=O)c2ccccc2-c2ncc[nH]2)cc1.O=C(O)C(F)(F)F. The average Bonchev–Trinajstić information content (AvgIpc) is 3.29. The predicted octanol–water partition coefficient (Wildman–Crippen LogP) is 3.69. The molecule has 1 amide bonds. The molecule has 3 aromatic rings. The molecule has 3 rings (SSSR count). The van der Waals surface area contributed by atoms with Gasteiger partial charge in [0.2, 0.25) is 0 Å². The lowest BCUT2D eigenvalue weighted by atomic mass is 10.1. The molecule has 3 N–H and O–H groups in total. The second-order valence-corrected chi connectivity index (χ2v) is 6.14. The fraction of sp³-hybridized carbons (Fsp3) is 0.190. The van der Waals surface area contributed by atoms with Crippen LogP contribution >= 0.6 is 0 Å². The van der Waals surface area contributed by atoms with Crippen molar-refractivity contribution in [1.29, 1.82) is 0 Å². The third-order valence-electron chi connectivity index (χ3n) is 4.03. The van der Waals surface area contributed by atoms with Gasteiger partial charge in [0, 0.05) is 24.5 Å². The van der Waals surface area contributed by atoms with E-state index in [1.54, 1.807) is 25.6 Å². The zero-order valence-corrected chi connectivity index (χ0v) is 16.4. The lowest BCUT2D eigenvalue weighted by Crippen LogP contribution is -2.26. The number of H-pyrrole nitrogens is 1. The third kappa shape index (κ3) is 7.18. The number of imidazole rings is 1. The maximum atomic E-state index is 12.5. The number of nitrogens with one attached hydrogen (secondary N) is 2. The summed E-state index contributed by atoms with van der Waals surface area (Å²) in [4.78, 5) is 28.6. The van der Waals surface area contributed by atoms with Gasteiger partial charge in [-0.25, -0.2) is 9.78 Å². The van der Waals surface area contributed by atoms with Crippen LogP contribution in [0, 0.1) is 0 Å². The van der Waals surface area contributed by atoms with Crippen LogP contribution < -0.4 is 10.1 Å². The van der Waals surface area contributed by atoms with Gasteiger partial charge in [-0.2, -0.15) is 13.2 Å². The quantitative estimate of drug-likeness (QED) is 0.548. The van der Waals surface area contributed by atoms with Crippen LogP contribution in [0.5, 0.6) is 5.75 Å². The van der Waals surface area contributed by atoms with E-state index in [-0.39, 0.29) is 5.91 Å². The molecule has 31 heavy (non-hydrogen) atoms. The molecule has 0 fully saturated rings. The third-order valence-corrected chi connectivity index (χ3v) is 4.03. The first-order valence-corrected chi connectivity index (χ1v) is 9.02. The van der Waals surface area contributed by atoms with Gasteiger partial charge in [0.25, 0.3) is 5.91 Å². The average molecular weight is 435 g/mol. The van der Waals surface area contributed by atoms with Gasteiger partial charge in [0.15, 0.2) is 0 Å². The number of benzene rings is 2. The van der Waals surface area contributed by atoms with Crippen molar-refractivity contribution in [1.82, 2.24) is 15.3 Å². The summed E-state index contributed by atoms with van der Waals surface area (Å²) in [5.74, 6) is -1.34. The number of carbonyl (C=O) groups excluding carboxylic acids is 1. The largest absolute Gasteiger partial charge is 0.497 e. The Bertz CT molecular complexity index is 988. The van der Waals surface area contributed by atoms with Crippen molar-refractivity contribution < 1.29 is 32.6 Å². The Morgan fingerprint density at radius 1 is 1.13 bits per heavy atom. The van der Waals surface area contributed by atoms with Gasteiger partial charge in [-0.05, 0) is 30.2 Å². The number of rotatable bonds is 6. The maximum absolute atomic E-state index is 12.5. The number of nitrogens with zero attached hydrogens (tertiary/aromatic N) is 1. The zero-order chi connectivity index (χ0) is 22.9. The number of aromatic amines is 1. The molecule has 0 radical (unpaired) electrons. The van der Waals surface area contributed by atoms with E-state index in [1.807, 2.05) is 42.5 Å². The Balaban J connectivity index is 0.000000423. The van der Waals surface area contributed by atoms with Crippen molar-refractivity contribution in [2.45, 2.75) is 12.6 Å². The van der Waals surface area contributed by atoms with Gasteiger partial charge < -0.3 is 20.1 Å². The van der Waals surface area contributed by atoms with Gasteiger partial charge >= 0.3 is 12.1 Å². The Kier molecular flexibility index (Phi) is 8.18. The van der Waals surface area contributed by atoms with Crippen molar-refractivity contribution in [2.75, 3.05) is 13.7 Å². The highest BCUT2D eigenvalue weighted by atomic mass is 19.4. The number of amides is 1. The summed E-state index contributed by atoms with van der Waals surface area (Å²) in [5, 5.41) is 10.1. The lowest BCUT2D eigenvalue weighted by Gasteiger charge is -2.09. The standard InChI is InChI=1S/C19H19N3O2.C2HF3O2/c1-24-15-8-6-14(7-9-15)10-11-22-19(23)17-5-3-2-4-16(17)18-20-12-13-21-18;3-2(4,5)1(6)7/h2-9,12-13H,10-11H2,1H3,(H,20,21)(H,22,23);(H,6,7). The number of carboxylic acids is 1. The summed E-state index contributed by atoms with van der Waals surface area (Å²) in [7, 11) is 1.64. The summed E-state index contributed by atoms with van der Waals surface area (Å²) in [6.45, 7) is 0.567. The predicted molar refractivity (Wildman–Crippen MR) is 107 cm³/mol. The van der Waals surface area contributed by atoms with Crippen molar-refractivity contribution >= 4 is 11.9 Å². The molecule has 0 bridgehead atoms. The number of carbonyl (C=O) groups is 2. The number of ether oxygens (including phenoxy) is 1. The molecule has 0 aliphatic heterocycles.